The Balaban J connectivity index is 1.43. The number of amides is 1. The van der Waals surface area contributed by atoms with Gasteiger partial charge in [0.05, 0.1) is 0 Å². The fourth-order valence-corrected chi connectivity index (χ4v) is 4.43. The van der Waals surface area contributed by atoms with Crippen LogP contribution in [0.2, 0.25) is 0 Å². The molecule has 1 saturated heterocycles. The van der Waals surface area contributed by atoms with Crippen molar-refractivity contribution in [3.05, 3.63) is 64.2 Å². The van der Waals surface area contributed by atoms with Crippen LogP contribution >= 0.6 is 0 Å². The fraction of sp³-hybridized carbons (Fsp3) is 0.480. The van der Waals surface area contributed by atoms with E-state index in [1.54, 1.807) is 6.92 Å². The number of hydrogen-bond donors (Lipinski definition) is 0. The molecule has 0 N–H and O–H groups in total. The molecule has 0 unspecified atom stereocenters. The summed E-state index contributed by atoms with van der Waals surface area (Å²) in [5.41, 5.74) is 6.66. The average Bonchev–Trinajstić information content (AvgIpc) is 2.92. The highest BCUT2D eigenvalue weighted by Gasteiger charge is 2.20. The van der Waals surface area contributed by atoms with Crippen LogP contribution in [0.5, 0.6) is 5.75 Å². The molecule has 2 aromatic carbocycles. The number of nitrogens with zero attached hydrogens (tertiary/aromatic N) is 3. The largest absolute Gasteiger partial charge is 0.492 e. The third-order valence-corrected chi connectivity index (χ3v) is 6.31. The Kier molecular flexibility index (Phi) is 6.40. The maximum Gasteiger partial charge on any atom is 0.219 e. The van der Waals surface area contributed by atoms with Crippen molar-refractivity contribution in [2.45, 2.75) is 40.4 Å². The molecular weight excluding hydrogens is 374 g/mol. The van der Waals surface area contributed by atoms with Crippen LogP contribution in [0.15, 0.2) is 36.4 Å². The summed E-state index contributed by atoms with van der Waals surface area (Å²) in [6, 6.07) is 13.3. The van der Waals surface area contributed by atoms with E-state index in [4.69, 9.17) is 4.74 Å². The predicted octanol–water partition coefficient (Wildman–Crippen LogP) is 3.36. The van der Waals surface area contributed by atoms with E-state index in [0.717, 1.165) is 64.7 Å². The van der Waals surface area contributed by atoms with Gasteiger partial charge in [-0.25, -0.2) is 0 Å². The molecule has 4 rings (SSSR count). The molecule has 2 aliphatic rings. The number of aryl methyl sites for hydroxylation is 2. The van der Waals surface area contributed by atoms with Gasteiger partial charge < -0.3 is 9.64 Å². The maximum atomic E-state index is 11.5. The van der Waals surface area contributed by atoms with Crippen LogP contribution in [0.4, 0.5) is 0 Å². The van der Waals surface area contributed by atoms with Crippen LogP contribution in [0, 0.1) is 13.8 Å². The highest BCUT2D eigenvalue weighted by atomic mass is 16.5. The summed E-state index contributed by atoms with van der Waals surface area (Å²) < 4.78 is 6.06. The van der Waals surface area contributed by atoms with Crippen molar-refractivity contribution in [3.63, 3.8) is 0 Å². The van der Waals surface area contributed by atoms with E-state index in [1.165, 1.54) is 27.8 Å². The van der Waals surface area contributed by atoms with Crippen molar-refractivity contribution >= 4 is 5.91 Å². The Morgan fingerprint density at radius 2 is 1.73 bits per heavy atom. The van der Waals surface area contributed by atoms with Crippen molar-refractivity contribution in [2.24, 2.45) is 0 Å². The molecule has 0 aliphatic carbocycles. The first kappa shape index (κ1) is 20.9. The van der Waals surface area contributed by atoms with Crippen LogP contribution in [-0.4, -0.2) is 59.9 Å². The van der Waals surface area contributed by atoms with E-state index in [-0.39, 0.29) is 5.91 Å². The van der Waals surface area contributed by atoms with E-state index < -0.39 is 0 Å². The smallest absolute Gasteiger partial charge is 0.219 e. The van der Waals surface area contributed by atoms with Gasteiger partial charge in [0.15, 0.2) is 0 Å². The molecule has 5 nitrogen and oxygen atoms in total. The summed E-state index contributed by atoms with van der Waals surface area (Å²) in [7, 11) is 0. The standard InChI is InChI=1S/C25H33N3O2/c1-19-4-5-20(2)23(14-19)17-27-12-13-30-25-7-6-22(15-24(25)18-27)16-26-8-10-28(11-9-26)21(3)29/h4-7,14-15H,8-13,16-18H2,1-3H3. The lowest BCUT2D eigenvalue weighted by molar-refractivity contribution is -0.130. The number of ether oxygens (including phenoxy) is 1. The average molecular weight is 408 g/mol. The number of hydrogen-bond acceptors (Lipinski definition) is 4. The first-order valence-corrected chi connectivity index (χ1v) is 11.0. The number of benzene rings is 2. The molecule has 2 heterocycles. The lowest BCUT2D eigenvalue weighted by atomic mass is 10.0. The minimum atomic E-state index is 0.181. The van der Waals surface area contributed by atoms with Crippen LogP contribution in [0.25, 0.3) is 0 Å². The molecule has 0 saturated carbocycles. The predicted molar refractivity (Wildman–Crippen MR) is 119 cm³/mol. The Labute approximate surface area is 180 Å². The molecule has 30 heavy (non-hydrogen) atoms. The quantitative estimate of drug-likeness (QED) is 0.779. The van der Waals surface area contributed by atoms with Gasteiger partial charge in [-0.3, -0.25) is 14.6 Å². The molecular formula is C25H33N3O2. The second kappa shape index (κ2) is 9.19. The van der Waals surface area contributed by atoms with E-state index in [2.05, 4.69) is 60.0 Å². The highest BCUT2D eigenvalue weighted by Crippen LogP contribution is 2.26. The molecule has 2 aliphatic heterocycles. The van der Waals surface area contributed by atoms with Crippen molar-refractivity contribution < 1.29 is 9.53 Å². The Bertz CT molecular complexity index is 903. The first-order valence-electron chi connectivity index (χ1n) is 11.0. The van der Waals surface area contributed by atoms with Gasteiger partial charge in [-0.05, 0) is 42.7 Å². The fourth-order valence-electron chi connectivity index (χ4n) is 4.43. The summed E-state index contributed by atoms with van der Waals surface area (Å²) >= 11 is 0. The van der Waals surface area contributed by atoms with Gasteiger partial charge in [-0.2, -0.15) is 0 Å². The van der Waals surface area contributed by atoms with Crippen molar-refractivity contribution in [1.29, 1.82) is 0 Å². The lowest BCUT2D eigenvalue weighted by Gasteiger charge is -2.34. The van der Waals surface area contributed by atoms with Gasteiger partial charge in [0.1, 0.15) is 12.4 Å². The van der Waals surface area contributed by atoms with E-state index in [1.807, 2.05) is 4.90 Å². The van der Waals surface area contributed by atoms with Crippen LogP contribution in [0.1, 0.15) is 34.7 Å². The number of piperazine rings is 1. The second-order valence-corrected chi connectivity index (χ2v) is 8.71. The van der Waals surface area contributed by atoms with Crippen LogP contribution in [-0.2, 0) is 24.4 Å². The minimum absolute atomic E-state index is 0.181. The minimum Gasteiger partial charge on any atom is -0.492 e. The zero-order chi connectivity index (χ0) is 21.1. The van der Waals surface area contributed by atoms with Crippen molar-refractivity contribution in [1.82, 2.24) is 14.7 Å². The van der Waals surface area contributed by atoms with Gasteiger partial charge in [-0.1, -0.05) is 29.8 Å². The molecule has 2 aromatic rings. The molecule has 160 valence electrons. The van der Waals surface area contributed by atoms with Gasteiger partial charge >= 0.3 is 0 Å². The van der Waals surface area contributed by atoms with Gasteiger partial charge in [0.25, 0.3) is 0 Å². The topological polar surface area (TPSA) is 36.0 Å². The number of fused-ring (bicyclic) bond motifs is 1. The Morgan fingerprint density at radius 1 is 0.933 bits per heavy atom. The third kappa shape index (κ3) is 5.02. The summed E-state index contributed by atoms with van der Waals surface area (Å²) in [6.45, 7) is 14.0. The lowest BCUT2D eigenvalue weighted by Crippen LogP contribution is -2.47. The molecule has 0 atom stereocenters. The van der Waals surface area contributed by atoms with Crippen LogP contribution < -0.4 is 4.74 Å². The number of carbonyl (C=O) groups excluding carboxylic acids is 1. The number of carbonyl (C=O) groups is 1. The maximum absolute atomic E-state index is 11.5. The Hall–Kier alpha value is -2.37. The van der Waals surface area contributed by atoms with Gasteiger partial charge in [0, 0.05) is 64.8 Å². The zero-order valence-electron chi connectivity index (χ0n) is 18.5. The summed E-state index contributed by atoms with van der Waals surface area (Å²) in [5, 5.41) is 0. The van der Waals surface area contributed by atoms with Crippen molar-refractivity contribution in [3.8, 4) is 5.75 Å². The second-order valence-electron chi connectivity index (χ2n) is 8.71. The molecule has 0 bridgehead atoms. The summed E-state index contributed by atoms with van der Waals surface area (Å²) in [5.74, 6) is 1.20. The Morgan fingerprint density at radius 3 is 2.50 bits per heavy atom. The highest BCUT2D eigenvalue weighted by molar-refractivity contribution is 5.73. The third-order valence-electron chi connectivity index (χ3n) is 6.31. The molecule has 0 spiro atoms. The molecule has 1 amide bonds. The van der Waals surface area contributed by atoms with Gasteiger partial charge in [0.2, 0.25) is 5.91 Å². The molecule has 5 heteroatoms. The van der Waals surface area contributed by atoms with E-state index in [0.29, 0.717) is 0 Å². The van der Waals surface area contributed by atoms with Crippen molar-refractivity contribution in [2.75, 3.05) is 39.3 Å². The molecule has 1 fully saturated rings. The summed E-state index contributed by atoms with van der Waals surface area (Å²) in [6.07, 6.45) is 0. The SMILES string of the molecule is CC(=O)N1CCN(Cc2ccc3c(c2)CN(Cc2cc(C)ccc2C)CCO3)CC1. The van der Waals surface area contributed by atoms with E-state index in [9.17, 15) is 4.79 Å². The molecule has 0 aromatic heterocycles. The first-order chi connectivity index (χ1) is 14.5. The molecule has 0 radical (unpaired) electrons. The van der Waals surface area contributed by atoms with Gasteiger partial charge in [-0.15, -0.1) is 0 Å². The monoisotopic (exact) mass is 407 g/mol. The number of rotatable bonds is 4. The van der Waals surface area contributed by atoms with Crippen LogP contribution in [0.3, 0.4) is 0 Å². The normalized spacial score (nSPS) is 17.9. The summed E-state index contributed by atoms with van der Waals surface area (Å²) in [4.78, 5) is 18.4. The zero-order valence-corrected chi connectivity index (χ0v) is 18.5. The van der Waals surface area contributed by atoms with E-state index >= 15 is 0 Å².